The Hall–Kier alpha value is -4.30. The Morgan fingerprint density at radius 1 is 0.725 bits per heavy atom. The second-order valence-corrected chi connectivity index (χ2v) is 14.5. The van der Waals surface area contributed by atoms with Crippen LogP contribution in [0.1, 0.15) is 46.7 Å². The largest absolute Gasteiger partial charge is 0.422 e. The molecule has 51 heavy (non-hydrogen) atoms. The van der Waals surface area contributed by atoms with Crippen LogP contribution in [0.5, 0.6) is 0 Å². The number of nitrogens with zero attached hydrogens (tertiary/aromatic N) is 3. The number of oxime groups is 2. The number of rotatable bonds is 6. The van der Waals surface area contributed by atoms with E-state index in [0.717, 1.165) is 33.4 Å². The summed E-state index contributed by atoms with van der Waals surface area (Å²) >= 11 is 26.8. The fourth-order valence-corrected chi connectivity index (χ4v) is 8.25. The minimum absolute atomic E-state index is 0.0638. The second-order valence-electron chi connectivity index (χ2n) is 12.8. The van der Waals surface area contributed by atoms with Gasteiger partial charge in [0.25, 0.3) is 5.90 Å². The zero-order valence-corrected chi connectivity index (χ0v) is 30.4. The van der Waals surface area contributed by atoms with Gasteiger partial charge in [0.1, 0.15) is 0 Å². The van der Waals surface area contributed by atoms with Gasteiger partial charge in [-0.05, 0) is 71.2 Å². The van der Waals surface area contributed by atoms with Gasteiger partial charge in [-0.1, -0.05) is 143 Å². The van der Waals surface area contributed by atoms with E-state index in [1.807, 2.05) is 103 Å². The van der Waals surface area contributed by atoms with Crippen LogP contribution in [0.15, 0.2) is 143 Å². The molecule has 0 N–H and O–H groups in total. The molecule has 0 aliphatic carbocycles. The second kappa shape index (κ2) is 13.7. The van der Waals surface area contributed by atoms with Gasteiger partial charge in [-0.15, -0.1) is 0 Å². The summed E-state index contributed by atoms with van der Waals surface area (Å²) in [6.45, 7) is 2.91. The summed E-state index contributed by atoms with van der Waals surface area (Å²) in [5.74, 6) is -1.95. The fourth-order valence-electron chi connectivity index (χ4n) is 7.27. The molecule has 1 unspecified atom stereocenters. The molecule has 0 saturated carbocycles. The van der Waals surface area contributed by atoms with Crippen LogP contribution in [-0.4, -0.2) is 41.0 Å². The van der Waals surface area contributed by atoms with Gasteiger partial charge in [0.15, 0.2) is 0 Å². The number of benzene rings is 5. The highest BCUT2D eigenvalue weighted by atomic mass is 35.5. The molecule has 10 heteroatoms. The molecule has 0 radical (unpaired) electrons. The maximum atomic E-state index is 7.12. The van der Waals surface area contributed by atoms with Gasteiger partial charge in [-0.2, -0.15) is 0 Å². The summed E-state index contributed by atoms with van der Waals surface area (Å²) in [6, 6.07) is 40.7. The average molecular weight is 756 g/mol. The number of fused-ring (bicyclic) bond motifs is 1. The van der Waals surface area contributed by atoms with E-state index in [0.29, 0.717) is 44.8 Å². The van der Waals surface area contributed by atoms with E-state index in [4.69, 9.17) is 66.0 Å². The number of likely N-dealkylation sites (tertiary alicyclic amines) is 1. The monoisotopic (exact) mass is 753 g/mol. The summed E-state index contributed by atoms with van der Waals surface area (Å²) in [4.78, 5) is 15.9. The van der Waals surface area contributed by atoms with Crippen LogP contribution in [-0.2, 0) is 14.4 Å². The molecule has 1 saturated heterocycles. The van der Waals surface area contributed by atoms with Crippen molar-refractivity contribution < 1.29 is 14.4 Å². The Balaban J connectivity index is 1.39. The van der Waals surface area contributed by atoms with Gasteiger partial charge in [0, 0.05) is 49.4 Å². The van der Waals surface area contributed by atoms with Crippen LogP contribution in [0.2, 0.25) is 20.1 Å². The maximum absolute atomic E-state index is 7.12. The lowest BCUT2D eigenvalue weighted by Gasteiger charge is -2.52. The van der Waals surface area contributed by atoms with Crippen LogP contribution in [0, 0.1) is 0 Å². The predicted octanol–water partition coefficient (Wildman–Crippen LogP) is 10.8. The number of hydrogen-bond acceptors (Lipinski definition) is 6. The Morgan fingerprint density at radius 3 is 2.02 bits per heavy atom. The first kappa shape index (κ1) is 33.8. The maximum Gasteiger partial charge on any atom is 0.346 e. The van der Waals surface area contributed by atoms with E-state index in [-0.39, 0.29) is 6.04 Å². The van der Waals surface area contributed by atoms with Gasteiger partial charge < -0.3 is 14.4 Å². The van der Waals surface area contributed by atoms with Crippen molar-refractivity contribution in [3.8, 4) is 0 Å². The number of ether oxygens (including phenoxy) is 1. The van der Waals surface area contributed by atoms with Crippen LogP contribution >= 0.6 is 46.4 Å². The van der Waals surface area contributed by atoms with Gasteiger partial charge in [-0.25, -0.2) is 0 Å². The SMILES string of the molecule is C[C@H](c1ccccc1)N1C/C(=C/c2ccc(Cl)cc2Cl)[C@]2(ON=C(c3ccccc3)O2)C2(C1)ON=C(c1ccccc1)[C@H]2c1ccc(Cl)cc1Cl. The van der Waals surface area contributed by atoms with Crippen LogP contribution in [0.25, 0.3) is 6.08 Å². The standard InChI is InChI=1S/C41H31Cl4N3O3/c1-26(27-11-5-2-6-12-27)48-24-31(21-30-17-18-32(42)22-35(30)44)41(49-39(47-51-41)29-15-9-4-10-16-29)40(25-48)37(34-20-19-33(43)23-36(34)45)38(46-50-40)28-13-7-3-8-14-28/h2-23,26,37H,24-25H2,1H3/b31-21-/t26-,37-,40?,41+/m1/s1. The minimum atomic E-state index is -1.64. The van der Waals surface area contributed by atoms with Crippen LogP contribution in [0.4, 0.5) is 0 Å². The molecule has 3 heterocycles. The molecule has 256 valence electrons. The Bertz CT molecular complexity index is 2180. The molecule has 0 amide bonds. The van der Waals surface area contributed by atoms with Gasteiger partial charge in [-0.3, -0.25) is 4.90 Å². The number of hydrogen-bond donors (Lipinski definition) is 0. The number of halogens is 4. The van der Waals surface area contributed by atoms with E-state index >= 15 is 0 Å². The zero-order chi connectivity index (χ0) is 35.2. The Morgan fingerprint density at radius 2 is 1.35 bits per heavy atom. The molecule has 5 aromatic rings. The first-order valence-corrected chi connectivity index (χ1v) is 18.0. The van der Waals surface area contributed by atoms with Gasteiger partial charge in [0.2, 0.25) is 5.60 Å². The normalized spacial score (nSPS) is 24.2. The van der Waals surface area contributed by atoms with Crippen molar-refractivity contribution >= 4 is 64.1 Å². The molecule has 1 fully saturated rings. The summed E-state index contributed by atoms with van der Waals surface area (Å²) in [5, 5.41) is 11.5. The van der Waals surface area contributed by atoms with E-state index in [1.165, 1.54) is 0 Å². The molecule has 2 spiro atoms. The molecule has 3 aliphatic heterocycles. The average Bonchev–Trinajstić information content (AvgIpc) is 3.76. The minimum Gasteiger partial charge on any atom is -0.422 e. The zero-order valence-electron chi connectivity index (χ0n) is 27.3. The topological polar surface area (TPSA) is 55.7 Å². The van der Waals surface area contributed by atoms with Crippen LogP contribution < -0.4 is 0 Å². The van der Waals surface area contributed by atoms with Gasteiger partial charge >= 0.3 is 5.79 Å². The lowest BCUT2D eigenvalue weighted by molar-refractivity contribution is -0.279. The highest BCUT2D eigenvalue weighted by Gasteiger charge is 2.74. The van der Waals surface area contributed by atoms with Crippen molar-refractivity contribution in [2.24, 2.45) is 10.3 Å². The Kier molecular flexibility index (Phi) is 9.07. The first-order valence-electron chi connectivity index (χ1n) is 16.5. The Labute approximate surface area is 316 Å². The van der Waals surface area contributed by atoms with Crippen molar-refractivity contribution in [2.75, 3.05) is 13.1 Å². The molecular formula is C41H31Cl4N3O3. The molecule has 5 aromatic carbocycles. The molecular weight excluding hydrogens is 724 g/mol. The lowest BCUT2D eigenvalue weighted by atomic mass is 9.68. The summed E-state index contributed by atoms with van der Waals surface area (Å²) in [7, 11) is 0. The van der Waals surface area contributed by atoms with E-state index < -0.39 is 17.3 Å². The van der Waals surface area contributed by atoms with E-state index in [9.17, 15) is 0 Å². The predicted molar refractivity (Wildman–Crippen MR) is 205 cm³/mol. The third-order valence-corrected chi connectivity index (χ3v) is 10.9. The van der Waals surface area contributed by atoms with Crippen molar-refractivity contribution in [1.82, 2.24) is 4.90 Å². The van der Waals surface area contributed by atoms with Crippen molar-refractivity contribution in [3.05, 3.63) is 181 Å². The molecule has 8 rings (SSSR count). The fraction of sp³-hybridized carbons (Fsp3) is 0.171. The third-order valence-electron chi connectivity index (χ3n) is 9.82. The molecule has 0 bridgehead atoms. The summed E-state index contributed by atoms with van der Waals surface area (Å²) in [5.41, 5.74) is 4.21. The lowest BCUT2D eigenvalue weighted by Crippen LogP contribution is -2.70. The summed E-state index contributed by atoms with van der Waals surface area (Å²) < 4.78 is 7.09. The van der Waals surface area contributed by atoms with Crippen molar-refractivity contribution in [2.45, 2.75) is 30.3 Å². The molecule has 6 nitrogen and oxygen atoms in total. The quantitative estimate of drug-likeness (QED) is 0.173. The third kappa shape index (κ3) is 5.99. The highest BCUT2D eigenvalue weighted by Crippen LogP contribution is 2.58. The van der Waals surface area contributed by atoms with E-state index in [1.54, 1.807) is 18.2 Å². The first-order chi connectivity index (χ1) is 24.8. The van der Waals surface area contributed by atoms with Gasteiger partial charge in [0.05, 0.1) is 18.2 Å². The van der Waals surface area contributed by atoms with Crippen molar-refractivity contribution in [1.29, 1.82) is 0 Å². The van der Waals surface area contributed by atoms with Crippen LogP contribution in [0.3, 0.4) is 0 Å². The number of piperidine rings is 1. The molecule has 4 atom stereocenters. The summed E-state index contributed by atoms with van der Waals surface area (Å²) in [6.07, 6.45) is 1.98. The van der Waals surface area contributed by atoms with Crippen molar-refractivity contribution in [3.63, 3.8) is 0 Å². The smallest absolute Gasteiger partial charge is 0.346 e. The molecule has 3 aliphatic rings. The van der Waals surface area contributed by atoms with E-state index in [2.05, 4.69) is 29.1 Å². The highest BCUT2D eigenvalue weighted by molar-refractivity contribution is 6.36. The molecule has 0 aromatic heterocycles.